The first-order chi connectivity index (χ1) is 13.4. The van der Waals surface area contributed by atoms with Gasteiger partial charge in [0.15, 0.2) is 11.5 Å². The van der Waals surface area contributed by atoms with E-state index in [0.29, 0.717) is 13.2 Å². The molecule has 1 aliphatic heterocycles. The van der Waals surface area contributed by atoms with Gasteiger partial charge in [0.05, 0.1) is 12.3 Å². The van der Waals surface area contributed by atoms with E-state index in [0.717, 1.165) is 40.2 Å². The second-order valence-electron chi connectivity index (χ2n) is 5.69. The quantitative estimate of drug-likeness (QED) is 0.667. The first kappa shape index (κ1) is 20.4. The normalized spacial score (nSPS) is 19.9. The van der Waals surface area contributed by atoms with Crippen LogP contribution < -0.4 is 9.47 Å². The van der Waals surface area contributed by atoms with Crippen molar-refractivity contribution in [3.05, 3.63) is 54.4 Å². The molecule has 2 aromatic rings. The molecule has 1 unspecified atom stereocenters. The van der Waals surface area contributed by atoms with Crippen molar-refractivity contribution < 1.29 is 9.47 Å². The molecule has 0 saturated heterocycles. The second kappa shape index (κ2) is 12.2. The van der Waals surface area contributed by atoms with Crippen LogP contribution in [-0.2, 0) is 0 Å². The van der Waals surface area contributed by atoms with E-state index >= 15 is 0 Å². The summed E-state index contributed by atoms with van der Waals surface area (Å²) in [5.41, 5.74) is 0.865. The van der Waals surface area contributed by atoms with Gasteiger partial charge in [-0.15, -0.1) is 11.8 Å². The number of para-hydroxylation sites is 2. The largest absolute Gasteiger partial charge is 0.489 e. The van der Waals surface area contributed by atoms with E-state index in [1.54, 1.807) is 6.20 Å². The Hall–Kier alpha value is -1.31. The van der Waals surface area contributed by atoms with Crippen molar-refractivity contribution in [2.75, 3.05) is 42.0 Å². The molecule has 1 aromatic carbocycles. The number of benzene rings is 1. The molecule has 4 nitrogen and oxygen atoms in total. The second-order valence-corrected chi connectivity index (χ2v) is 9.42. The molecule has 144 valence electrons. The number of nitrogens with zero attached hydrogens (tertiary/aromatic N) is 2. The molecular formula is C20H24N2O2S3. The summed E-state index contributed by atoms with van der Waals surface area (Å²) in [5.74, 6) is 7.12. The fraction of sp³-hybridized carbons (Fsp3) is 0.400. The third kappa shape index (κ3) is 7.68. The van der Waals surface area contributed by atoms with Crippen LogP contribution in [0.5, 0.6) is 11.5 Å². The first-order valence-corrected chi connectivity index (χ1v) is 12.3. The third-order valence-corrected chi connectivity index (χ3v) is 7.22. The van der Waals surface area contributed by atoms with Crippen molar-refractivity contribution >= 4 is 41.5 Å². The van der Waals surface area contributed by atoms with Gasteiger partial charge in [-0.1, -0.05) is 18.2 Å². The number of hydrogen-bond donors (Lipinski definition) is 0. The smallest absolute Gasteiger partial charge is 0.161 e. The van der Waals surface area contributed by atoms with Gasteiger partial charge in [-0.05, 0) is 24.3 Å². The van der Waals surface area contributed by atoms with Crippen LogP contribution in [0.3, 0.4) is 0 Å². The molecule has 27 heavy (non-hydrogen) atoms. The topological polar surface area (TPSA) is 43.7 Å². The number of fused-ring (bicyclic) bond motifs is 1. The van der Waals surface area contributed by atoms with Crippen molar-refractivity contribution in [2.24, 2.45) is 4.99 Å². The summed E-state index contributed by atoms with van der Waals surface area (Å²) >= 11 is 5.77. The highest BCUT2D eigenvalue weighted by atomic mass is 32.2. The molecule has 0 bridgehead atoms. The molecule has 3 rings (SSSR count). The number of rotatable bonds is 2. The molecule has 7 heteroatoms. The van der Waals surface area contributed by atoms with Gasteiger partial charge in [0.1, 0.15) is 12.0 Å². The molecular weight excluding hydrogens is 396 g/mol. The van der Waals surface area contributed by atoms with Crippen molar-refractivity contribution in [2.45, 2.75) is 5.37 Å². The van der Waals surface area contributed by atoms with Gasteiger partial charge in [0, 0.05) is 41.2 Å². The average Bonchev–Trinajstić information content (AvgIpc) is 2.72. The fourth-order valence-corrected chi connectivity index (χ4v) is 5.36. The molecule has 1 atom stereocenters. The minimum Gasteiger partial charge on any atom is -0.489 e. The Morgan fingerprint density at radius 1 is 0.889 bits per heavy atom. The van der Waals surface area contributed by atoms with Crippen molar-refractivity contribution in [1.82, 2.24) is 4.98 Å². The number of aromatic nitrogens is 1. The standard InChI is InChI=1S/C20H24N2O2S3/c1-2-7-19-18(6-1)23-9-10-25-11-12-26-13-14-27-20(16-24-19)22-15-17-5-3-4-8-21-17/h1-8,15,20H,9-14,16H2/b22-15+. The van der Waals surface area contributed by atoms with E-state index < -0.39 is 0 Å². The average molecular weight is 421 g/mol. The number of pyridine rings is 1. The highest BCUT2D eigenvalue weighted by Crippen LogP contribution is 2.28. The lowest BCUT2D eigenvalue weighted by atomic mass is 10.3. The van der Waals surface area contributed by atoms with E-state index in [2.05, 4.69) is 4.98 Å². The van der Waals surface area contributed by atoms with Gasteiger partial charge in [-0.2, -0.15) is 23.5 Å². The van der Waals surface area contributed by atoms with Gasteiger partial charge in [0.25, 0.3) is 0 Å². The van der Waals surface area contributed by atoms with Gasteiger partial charge in [-0.3, -0.25) is 9.98 Å². The zero-order valence-corrected chi connectivity index (χ0v) is 17.6. The number of aliphatic imine (C=N–C) groups is 1. The minimum absolute atomic E-state index is 0.0279. The highest BCUT2D eigenvalue weighted by Gasteiger charge is 2.11. The lowest BCUT2D eigenvalue weighted by Gasteiger charge is -2.16. The maximum absolute atomic E-state index is 6.07. The molecule has 0 fully saturated rings. The van der Waals surface area contributed by atoms with Gasteiger partial charge < -0.3 is 9.47 Å². The summed E-state index contributed by atoms with van der Waals surface area (Å²) in [6.07, 6.45) is 3.62. The fourth-order valence-electron chi connectivity index (χ4n) is 2.37. The van der Waals surface area contributed by atoms with Gasteiger partial charge >= 0.3 is 0 Å². The summed E-state index contributed by atoms with van der Waals surface area (Å²) in [4.78, 5) is 9.02. The Morgan fingerprint density at radius 3 is 2.44 bits per heavy atom. The monoisotopic (exact) mass is 420 g/mol. The minimum atomic E-state index is 0.0279. The van der Waals surface area contributed by atoms with Crippen LogP contribution >= 0.6 is 35.3 Å². The molecule has 1 aliphatic rings. The predicted octanol–water partition coefficient (Wildman–Crippen LogP) is 4.50. The summed E-state index contributed by atoms with van der Waals surface area (Å²) in [5, 5.41) is 0.0279. The molecule has 0 aliphatic carbocycles. The molecule has 0 amide bonds. The lowest BCUT2D eigenvalue weighted by molar-refractivity contribution is 0.279. The van der Waals surface area contributed by atoms with Crippen molar-refractivity contribution in [1.29, 1.82) is 0 Å². The van der Waals surface area contributed by atoms with Crippen molar-refractivity contribution in [3.63, 3.8) is 0 Å². The molecule has 0 saturated carbocycles. The molecule has 2 heterocycles. The Kier molecular flexibility index (Phi) is 9.24. The molecule has 1 aromatic heterocycles. The van der Waals surface area contributed by atoms with Crippen LogP contribution in [0.15, 0.2) is 53.7 Å². The zero-order chi connectivity index (χ0) is 18.6. The summed E-state index contributed by atoms with van der Waals surface area (Å²) in [6.45, 7) is 1.21. The maximum Gasteiger partial charge on any atom is 0.161 e. The Balaban J connectivity index is 1.67. The number of ether oxygens (including phenoxy) is 2. The zero-order valence-electron chi connectivity index (χ0n) is 15.2. The molecule has 0 N–H and O–H groups in total. The first-order valence-electron chi connectivity index (χ1n) is 8.98. The highest BCUT2D eigenvalue weighted by molar-refractivity contribution is 8.04. The Bertz CT molecular complexity index is 701. The maximum atomic E-state index is 6.07. The van der Waals surface area contributed by atoms with E-state index in [1.807, 2.05) is 84.0 Å². The van der Waals surface area contributed by atoms with E-state index in [-0.39, 0.29) is 5.37 Å². The Labute approximate surface area is 173 Å². The van der Waals surface area contributed by atoms with Crippen LogP contribution in [0, 0.1) is 0 Å². The van der Waals surface area contributed by atoms with Crippen LogP contribution in [0.4, 0.5) is 0 Å². The van der Waals surface area contributed by atoms with Crippen LogP contribution in [-0.4, -0.2) is 58.6 Å². The lowest BCUT2D eigenvalue weighted by Crippen LogP contribution is -2.14. The van der Waals surface area contributed by atoms with Gasteiger partial charge in [0.2, 0.25) is 0 Å². The summed E-state index contributed by atoms with van der Waals surface area (Å²) < 4.78 is 12.0. The third-order valence-electron chi connectivity index (χ3n) is 3.69. The van der Waals surface area contributed by atoms with Crippen LogP contribution in [0.2, 0.25) is 0 Å². The number of thioether (sulfide) groups is 3. The van der Waals surface area contributed by atoms with E-state index in [4.69, 9.17) is 14.5 Å². The van der Waals surface area contributed by atoms with Crippen LogP contribution in [0.25, 0.3) is 0 Å². The number of hydrogen-bond acceptors (Lipinski definition) is 7. The summed E-state index contributed by atoms with van der Waals surface area (Å²) in [6, 6.07) is 13.7. The van der Waals surface area contributed by atoms with Gasteiger partial charge in [-0.25, -0.2) is 0 Å². The summed E-state index contributed by atoms with van der Waals surface area (Å²) in [7, 11) is 0. The predicted molar refractivity (Wildman–Crippen MR) is 120 cm³/mol. The van der Waals surface area contributed by atoms with Crippen LogP contribution in [0.1, 0.15) is 5.69 Å². The molecule has 0 spiro atoms. The van der Waals surface area contributed by atoms with E-state index in [9.17, 15) is 0 Å². The molecule has 0 radical (unpaired) electrons. The van der Waals surface area contributed by atoms with Crippen molar-refractivity contribution in [3.8, 4) is 11.5 Å². The Morgan fingerprint density at radius 2 is 1.63 bits per heavy atom. The van der Waals surface area contributed by atoms with E-state index in [1.165, 1.54) is 5.75 Å². The SMILES string of the molecule is C(=N\C1COc2ccccc2OCCSCCSCCS1)/c1ccccn1.